The highest BCUT2D eigenvalue weighted by Gasteiger charge is 2.38. The summed E-state index contributed by atoms with van der Waals surface area (Å²) in [4.78, 5) is 26.3. The number of rotatable bonds is 7. The highest BCUT2D eigenvalue weighted by Crippen LogP contribution is 2.32. The Morgan fingerprint density at radius 1 is 1.25 bits per heavy atom. The van der Waals surface area contributed by atoms with E-state index in [-0.39, 0.29) is 12.3 Å². The Morgan fingerprint density at radius 2 is 1.83 bits per heavy atom. The molecule has 5 nitrogen and oxygen atoms in total. The number of ether oxygens (including phenoxy) is 2. The van der Waals surface area contributed by atoms with E-state index in [1.54, 1.807) is 25.7 Å². The molecule has 1 aliphatic rings. The zero-order valence-electron chi connectivity index (χ0n) is 14.4. The molecule has 0 aromatic carbocycles. The second kappa shape index (κ2) is 8.69. The first-order valence-electron chi connectivity index (χ1n) is 8.19. The van der Waals surface area contributed by atoms with Crippen molar-refractivity contribution in [2.45, 2.75) is 46.2 Å². The Kier molecular flexibility index (Phi) is 7.51. The molecule has 0 saturated carbocycles. The van der Waals surface area contributed by atoms with E-state index in [1.165, 1.54) is 0 Å². The lowest BCUT2D eigenvalue weighted by atomic mass is 9.79. The molecule has 1 saturated heterocycles. The van der Waals surface area contributed by atoms with Crippen molar-refractivity contribution >= 4 is 11.9 Å². The molecule has 1 fully saturated rings. The van der Waals surface area contributed by atoms with Crippen molar-refractivity contribution in [3.8, 4) is 0 Å². The third-order valence-corrected chi connectivity index (χ3v) is 4.39. The molecule has 2 unspecified atom stereocenters. The summed E-state index contributed by atoms with van der Waals surface area (Å²) in [6, 6.07) is 0. The van der Waals surface area contributed by atoms with Crippen LogP contribution in [-0.2, 0) is 19.1 Å². The van der Waals surface area contributed by atoms with Crippen molar-refractivity contribution in [1.82, 2.24) is 4.90 Å². The Bertz CT molecular complexity index is 436. The van der Waals surface area contributed by atoms with Gasteiger partial charge in [-0.25, -0.2) is 0 Å². The van der Waals surface area contributed by atoms with Gasteiger partial charge in [-0.05, 0) is 19.8 Å². The fraction of sp³-hybridized carbons (Fsp3) is 0.875. The van der Waals surface area contributed by atoms with Gasteiger partial charge in [0.25, 0.3) is 0 Å². The largest absolute Gasteiger partial charge is 0.465 e. The zero-order chi connectivity index (χ0) is 18.4. The van der Waals surface area contributed by atoms with Crippen molar-refractivity contribution in [2.75, 3.05) is 32.9 Å². The van der Waals surface area contributed by atoms with Gasteiger partial charge in [0.1, 0.15) is 0 Å². The van der Waals surface area contributed by atoms with Crippen LogP contribution in [0, 0.1) is 11.3 Å². The lowest BCUT2D eigenvalue weighted by Gasteiger charge is -2.33. The van der Waals surface area contributed by atoms with E-state index >= 15 is 0 Å². The van der Waals surface area contributed by atoms with Crippen molar-refractivity contribution in [3.63, 3.8) is 0 Å². The lowest BCUT2D eigenvalue weighted by Crippen LogP contribution is -2.44. The van der Waals surface area contributed by atoms with Gasteiger partial charge in [0.2, 0.25) is 5.91 Å². The van der Waals surface area contributed by atoms with E-state index in [1.807, 2.05) is 0 Å². The van der Waals surface area contributed by atoms with Crippen LogP contribution in [0.1, 0.15) is 40.0 Å². The van der Waals surface area contributed by atoms with Crippen LogP contribution in [0.3, 0.4) is 0 Å². The summed E-state index contributed by atoms with van der Waals surface area (Å²) in [5, 5.41) is 0. The molecule has 1 amide bonds. The van der Waals surface area contributed by atoms with E-state index in [0.29, 0.717) is 32.7 Å². The maximum Gasteiger partial charge on any atom is 0.392 e. The zero-order valence-corrected chi connectivity index (χ0v) is 14.4. The molecule has 2 atom stereocenters. The minimum absolute atomic E-state index is 0.0685. The Labute approximate surface area is 140 Å². The van der Waals surface area contributed by atoms with Crippen LogP contribution >= 0.6 is 0 Å². The van der Waals surface area contributed by atoms with Gasteiger partial charge in [0.15, 0.2) is 0 Å². The number of hydrogen-bond acceptors (Lipinski definition) is 4. The summed E-state index contributed by atoms with van der Waals surface area (Å²) >= 11 is 0. The molecule has 140 valence electrons. The number of carbonyl (C=O) groups is 2. The Hall–Kier alpha value is -1.31. The normalized spacial score (nSPS) is 19.5. The van der Waals surface area contributed by atoms with Gasteiger partial charge >= 0.3 is 12.1 Å². The molecule has 8 heteroatoms. The third kappa shape index (κ3) is 6.30. The second-order valence-electron chi connectivity index (χ2n) is 6.46. The van der Waals surface area contributed by atoms with Gasteiger partial charge in [-0.3, -0.25) is 9.59 Å². The van der Waals surface area contributed by atoms with Crippen LogP contribution in [0.25, 0.3) is 0 Å². The van der Waals surface area contributed by atoms with E-state index in [9.17, 15) is 22.8 Å². The number of carbonyl (C=O) groups excluding carboxylic acids is 2. The predicted octanol–water partition coefficient (Wildman–Crippen LogP) is 2.78. The van der Waals surface area contributed by atoms with Gasteiger partial charge in [-0.15, -0.1) is 0 Å². The summed E-state index contributed by atoms with van der Waals surface area (Å²) in [5.74, 6) is -1.17. The summed E-state index contributed by atoms with van der Waals surface area (Å²) in [5.41, 5.74) is -0.979. The fourth-order valence-corrected chi connectivity index (χ4v) is 2.66. The van der Waals surface area contributed by atoms with Crippen LogP contribution in [0.15, 0.2) is 0 Å². The molecule has 0 radical (unpaired) electrons. The lowest BCUT2D eigenvalue weighted by molar-refractivity contribution is -0.168. The average Bonchev–Trinajstić information content (AvgIpc) is 2.53. The quantitative estimate of drug-likeness (QED) is 0.661. The summed E-state index contributed by atoms with van der Waals surface area (Å²) < 4.78 is 46.5. The monoisotopic (exact) mass is 353 g/mol. The molecule has 0 aromatic heterocycles. The van der Waals surface area contributed by atoms with Crippen LogP contribution in [0.5, 0.6) is 0 Å². The first-order chi connectivity index (χ1) is 11.1. The smallest absolute Gasteiger partial charge is 0.392 e. The number of morpholine rings is 1. The van der Waals surface area contributed by atoms with Gasteiger partial charge in [-0.2, -0.15) is 13.2 Å². The molecule has 0 spiro atoms. The van der Waals surface area contributed by atoms with Crippen LogP contribution < -0.4 is 0 Å². The number of nitrogens with zero attached hydrogens (tertiary/aromatic N) is 1. The van der Waals surface area contributed by atoms with E-state index < -0.39 is 36.5 Å². The Morgan fingerprint density at radius 3 is 2.33 bits per heavy atom. The molecule has 0 aromatic rings. The highest BCUT2D eigenvalue weighted by molar-refractivity contribution is 5.81. The van der Waals surface area contributed by atoms with Gasteiger partial charge < -0.3 is 14.4 Å². The average molecular weight is 353 g/mol. The van der Waals surface area contributed by atoms with Gasteiger partial charge in [0, 0.05) is 19.0 Å². The first-order valence-corrected chi connectivity index (χ1v) is 8.19. The summed E-state index contributed by atoms with van der Waals surface area (Å²) in [6.07, 6.45) is -4.90. The number of alkyl halides is 3. The van der Waals surface area contributed by atoms with Gasteiger partial charge in [0.05, 0.1) is 31.7 Å². The van der Waals surface area contributed by atoms with Crippen molar-refractivity contribution in [3.05, 3.63) is 0 Å². The van der Waals surface area contributed by atoms with Crippen molar-refractivity contribution in [1.29, 1.82) is 0 Å². The summed E-state index contributed by atoms with van der Waals surface area (Å²) in [6.45, 7) is 6.44. The molecule has 0 bridgehead atoms. The maximum absolute atomic E-state index is 12.4. The minimum Gasteiger partial charge on any atom is -0.465 e. The molecular weight excluding hydrogens is 327 g/mol. The van der Waals surface area contributed by atoms with E-state index in [0.717, 1.165) is 0 Å². The van der Waals surface area contributed by atoms with Crippen molar-refractivity contribution < 1.29 is 32.2 Å². The SMILES string of the molecule is CCC(C)(CC(C)C(=O)N1CCOCC1)C(=O)OCCC(F)(F)F. The van der Waals surface area contributed by atoms with Crippen LogP contribution in [0.4, 0.5) is 13.2 Å². The first kappa shape index (κ1) is 20.7. The fourth-order valence-electron chi connectivity index (χ4n) is 2.66. The maximum atomic E-state index is 12.4. The number of halogens is 3. The second-order valence-corrected chi connectivity index (χ2v) is 6.46. The topological polar surface area (TPSA) is 55.8 Å². The molecule has 0 N–H and O–H groups in total. The predicted molar refractivity (Wildman–Crippen MR) is 81.2 cm³/mol. The van der Waals surface area contributed by atoms with Crippen molar-refractivity contribution in [2.24, 2.45) is 11.3 Å². The Balaban J connectivity index is 2.58. The number of esters is 1. The summed E-state index contributed by atoms with van der Waals surface area (Å²) in [7, 11) is 0. The molecule has 0 aliphatic carbocycles. The highest BCUT2D eigenvalue weighted by atomic mass is 19.4. The molecule has 24 heavy (non-hydrogen) atoms. The van der Waals surface area contributed by atoms with Crippen LogP contribution in [0.2, 0.25) is 0 Å². The molecule has 1 heterocycles. The molecule has 1 aliphatic heterocycles. The number of amides is 1. The van der Waals surface area contributed by atoms with Crippen LogP contribution in [-0.4, -0.2) is 55.9 Å². The minimum atomic E-state index is -4.36. The van der Waals surface area contributed by atoms with E-state index in [4.69, 9.17) is 9.47 Å². The standard InChI is InChI=1S/C16H26F3NO4/c1-4-15(3,14(22)24-8-5-16(17,18)19)11-12(2)13(21)20-6-9-23-10-7-20/h12H,4-11H2,1-3H3. The van der Waals surface area contributed by atoms with Gasteiger partial charge in [-0.1, -0.05) is 13.8 Å². The molecular formula is C16H26F3NO4. The van der Waals surface area contributed by atoms with E-state index in [2.05, 4.69) is 0 Å². The molecule has 1 rings (SSSR count). The number of hydrogen-bond donors (Lipinski definition) is 0. The third-order valence-electron chi connectivity index (χ3n) is 4.39.